The lowest BCUT2D eigenvalue weighted by Crippen LogP contribution is -2.14. The maximum atomic E-state index is 13.0. The van der Waals surface area contributed by atoms with Gasteiger partial charge in [-0.1, -0.05) is 23.2 Å². The smallest absolute Gasteiger partial charge is 0.256 e. The molecule has 2 aromatic carbocycles. The molecule has 0 fully saturated rings. The summed E-state index contributed by atoms with van der Waals surface area (Å²) < 4.78 is 51.1. The summed E-state index contributed by atoms with van der Waals surface area (Å²) in [7, 11) is 0. The van der Waals surface area contributed by atoms with Gasteiger partial charge in [0.1, 0.15) is 11.6 Å². The average molecular weight is 560 g/mol. The number of hydrogen-bond acceptors (Lipinski definition) is 2. The average Bonchev–Trinajstić information content (AvgIpc) is 2.50. The fourth-order valence-electron chi connectivity index (χ4n) is 1.54. The van der Waals surface area contributed by atoms with E-state index in [0.29, 0.717) is 12.1 Å². The number of rotatable bonds is 2. The van der Waals surface area contributed by atoms with Crippen LogP contribution in [-0.2, 0) is 0 Å². The Morgan fingerprint density at radius 3 is 1.54 bits per heavy atom. The topological polar surface area (TPSA) is 60.2 Å². The lowest BCUT2D eigenvalue weighted by atomic mass is 10.2. The highest BCUT2D eigenvalue weighted by atomic mass is 79.9. The van der Waals surface area contributed by atoms with Crippen molar-refractivity contribution in [3.05, 3.63) is 65.5 Å². The van der Waals surface area contributed by atoms with Crippen molar-refractivity contribution in [3.63, 3.8) is 0 Å². The van der Waals surface area contributed by atoms with Crippen LogP contribution in [0.4, 0.5) is 17.6 Å². The summed E-state index contributed by atoms with van der Waals surface area (Å²) in [6.07, 6.45) is 0. The third-order valence-corrected chi connectivity index (χ3v) is 4.90. The molecule has 1 amide bonds. The molecule has 0 aromatic heterocycles. The van der Waals surface area contributed by atoms with Gasteiger partial charge in [-0.15, -0.1) is 0 Å². The van der Waals surface area contributed by atoms with Crippen LogP contribution in [0.2, 0.25) is 10.0 Å². The highest BCUT2D eigenvalue weighted by molar-refractivity contribution is 9.10. The fraction of sp³-hybridized carbons (Fsp3) is 0. The number of primary amides is 1. The Balaban J connectivity index is 0.000000260. The number of amides is 1. The summed E-state index contributed by atoms with van der Waals surface area (Å²) in [5.41, 5.74) is 3.72. The molecule has 140 valence electrons. The summed E-state index contributed by atoms with van der Waals surface area (Å²) in [5.74, 6) is -4.78. The van der Waals surface area contributed by atoms with Crippen LogP contribution in [0, 0.1) is 23.3 Å². The minimum Gasteiger partial charge on any atom is -0.365 e. The quantitative estimate of drug-likeness (QED) is 0.205. The molecule has 2 N–H and O–H groups in total. The molecule has 0 atom stereocenters. The van der Waals surface area contributed by atoms with E-state index in [1.54, 1.807) is 0 Å². The Morgan fingerprint density at radius 2 is 1.19 bits per heavy atom. The number of carbonyl (C=O) groups is 2. The second-order valence-electron chi connectivity index (χ2n) is 4.32. The van der Waals surface area contributed by atoms with Gasteiger partial charge in [0.05, 0.1) is 30.1 Å². The van der Waals surface area contributed by atoms with E-state index in [1.807, 2.05) is 0 Å². The van der Waals surface area contributed by atoms with E-state index >= 15 is 0 Å². The van der Waals surface area contributed by atoms with E-state index in [9.17, 15) is 27.2 Å². The minimum atomic E-state index is -1.08. The summed E-state index contributed by atoms with van der Waals surface area (Å²) in [6, 6.07) is 1.39. The van der Waals surface area contributed by atoms with E-state index in [-0.39, 0.29) is 8.95 Å². The normalized spacial score (nSPS) is 10.2. The largest absolute Gasteiger partial charge is 0.365 e. The van der Waals surface area contributed by atoms with Crippen molar-refractivity contribution < 1.29 is 27.2 Å². The molecule has 2 aromatic rings. The zero-order valence-corrected chi connectivity index (χ0v) is 17.4. The second kappa shape index (κ2) is 9.36. The number of carbonyl (C=O) groups excluding carboxylic acids is 2. The van der Waals surface area contributed by atoms with Crippen LogP contribution >= 0.6 is 66.7 Å². The lowest BCUT2D eigenvalue weighted by Gasteiger charge is -2.04. The molecule has 0 aliphatic carbocycles. The van der Waals surface area contributed by atoms with Crippen molar-refractivity contribution in [2.45, 2.75) is 0 Å². The maximum Gasteiger partial charge on any atom is 0.256 e. The first-order valence-electron chi connectivity index (χ1n) is 6.05. The highest BCUT2D eigenvalue weighted by Crippen LogP contribution is 2.30. The van der Waals surface area contributed by atoms with E-state index in [2.05, 4.69) is 31.9 Å². The first kappa shape index (κ1) is 23.2. The molecule has 0 bridgehead atoms. The molecule has 0 aliphatic rings. The van der Waals surface area contributed by atoms with Crippen molar-refractivity contribution >= 4 is 77.8 Å². The van der Waals surface area contributed by atoms with Gasteiger partial charge in [0.2, 0.25) is 0 Å². The van der Waals surface area contributed by atoms with Crippen LogP contribution in [0.3, 0.4) is 0 Å². The number of nitrogens with two attached hydrogens (primary N) is 1. The maximum absolute atomic E-state index is 13.0. The zero-order valence-electron chi connectivity index (χ0n) is 12.0. The zero-order chi connectivity index (χ0) is 20.3. The van der Waals surface area contributed by atoms with Crippen LogP contribution in [0.15, 0.2) is 21.1 Å². The van der Waals surface area contributed by atoms with Crippen molar-refractivity contribution in [3.8, 4) is 0 Å². The molecule has 0 saturated carbocycles. The van der Waals surface area contributed by atoms with Gasteiger partial charge >= 0.3 is 0 Å². The Kier molecular flexibility index (Phi) is 8.34. The van der Waals surface area contributed by atoms with E-state index in [1.165, 1.54) is 0 Å². The van der Waals surface area contributed by atoms with Crippen LogP contribution in [0.25, 0.3) is 0 Å². The molecule has 0 aliphatic heterocycles. The Labute approximate surface area is 175 Å². The van der Waals surface area contributed by atoms with E-state index in [4.69, 9.17) is 40.5 Å². The molecule has 3 nitrogen and oxygen atoms in total. The molecule has 0 radical (unpaired) electrons. The predicted molar refractivity (Wildman–Crippen MR) is 96.8 cm³/mol. The van der Waals surface area contributed by atoms with Crippen molar-refractivity contribution in [2.75, 3.05) is 0 Å². The molecule has 0 heterocycles. The monoisotopic (exact) mass is 557 g/mol. The van der Waals surface area contributed by atoms with Crippen LogP contribution in [-0.4, -0.2) is 11.1 Å². The first-order valence-corrected chi connectivity index (χ1v) is 8.77. The molecule has 0 saturated heterocycles. The molecule has 0 spiro atoms. The van der Waals surface area contributed by atoms with Gasteiger partial charge < -0.3 is 5.73 Å². The van der Waals surface area contributed by atoms with Gasteiger partial charge in [0.25, 0.3) is 11.1 Å². The van der Waals surface area contributed by atoms with Crippen LogP contribution in [0.5, 0.6) is 0 Å². The third-order valence-electron chi connectivity index (χ3n) is 2.67. The Morgan fingerprint density at radius 1 is 0.846 bits per heavy atom. The number of hydrogen-bond donors (Lipinski definition) is 1. The second-order valence-corrected chi connectivity index (χ2v) is 7.07. The summed E-state index contributed by atoms with van der Waals surface area (Å²) >= 11 is 21.0. The highest BCUT2D eigenvalue weighted by Gasteiger charge is 2.20. The molecular weight excluding hydrogens is 556 g/mol. The minimum absolute atomic E-state index is 0.356. The standard InChI is InChI=1S/C7HBrCl2F2O.C7H3BrClF2NO/c8-5-4(7(10)13)3(11)1-2(9)6(5)12;8-5-4(7(12)13)3(10)1-2(9)6(5)11/h1H;1H,(H2,12,13). The predicted octanol–water partition coefficient (Wildman–Crippen LogP) is 6.24. The Bertz CT molecular complexity index is 839. The summed E-state index contributed by atoms with van der Waals surface area (Å²) in [4.78, 5) is 21.3. The lowest BCUT2D eigenvalue weighted by molar-refractivity contribution is 0.0994. The SMILES string of the molecule is NC(=O)c1c(F)cc(Cl)c(F)c1Br.O=C(Cl)c1c(F)cc(Cl)c(F)c1Br. The molecular formula is C14H4Br2Cl3F4NO2. The van der Waals surface area contributed by atoms with Crippen LogP contribution < -0.4 is 5.73 Å². The van der Waals surface area contributed by atoms with Crippen molar-refractivity contribution in [1.29, 1.82) is 0 Å². The van der Waals surface area contributed by atoms with Crippen molar-refractivity contribution in [1.82, 2.24) is 0 Å². The molecule has 2 rings (SSSR count). The molecule has 26 heavy (non-hydrogen) atoms. The number of benzene rings is 2. The van der Waals surface area contributed by atoms with Crippen molar-refractivity contribution in [2.24, 2.45) is 5.73 Å². The first-order chi connectivity index (χ1) is 11.9. The Hall–Kier alpha value is -0.870. The van der Waals surface area contributed by atoms with Crippen LogP contribution in [0.1, 0.15) is 20.7 Å². The summed E-state index contributed by atoms with van der Waals surface area (Å²) in [6.45, 7) is 0. The number of halogens is 9. The van der Waals surface area contributed by atoms with Gasteiger partial charge in [-0.3, -0.25) is 9.59 Å². The van der Waals surface area contributed by atoms with Gasteiger partial charge in [-0.2, -0.15) is 0 Å². The van der Waals surface area contributed by atoms with Gasteiger partial charge in [0, 0.05) is 0 Å². The van der Waals surface area contributed by atoms with Gasteiger partial charge in [0.15, 0.2) is 11.6 Å². The van der Waals surface area contributed by atoms with Gasteiger partial charge in [-0.25, -0.2) is 17.6 Å². The third kappa shape index (κ3) is 5.10. The molecule has 0 unspecified atom stereocenters. The summed E-state index contributed by atoms with van der Waals surface area (Å²) in [5, 5.41) is -1.90. The van der Waals surface area contributed by atoms with E-state index in [0.717, 1.165) is 0 Å². The molecule has 12 heteroatoms. The van der Waals surface area contributed by atoms with Gasteiger partial charge in [-0.05, 0) is 55.6 Å². The van der Waals surface area contributed by atoms with E-state index < -0.39 is 55.6 Å². The fourth-order valence-corrected chi connectivity index (χ4v) is 3.63.